The lowest BCUT2D eigenvalue weighted by molar-refractivity contribution is 0.0699. The van der Waals surface area contributed by atoms with Gasteiger partial charge in [-0.1, -0.05) is 0 Å². The minimum Gasteiger partial charge on any atom is -0.383 e. The van der Waals surface area contributed by atoms with Crippen molar-refractivity contribution >= 4 is 11.8 Å². The van der Waals surface area contributed by atoms with E-state index in [4.69, 9.17) is 14.5 Å². The summed E-state index contributed by atoms with van der Waals surface area (Å²) < 4.78 is 10.7. The van der Waals surface area contributed by atoms with Crippen molar-refractivity contribution in [1.29, 1.82) is 0 Å². The molecule has 0 bridgehead atoms. The number of ether oxygens (including phenoxy) is 2. The first-order chi connectivity index (χ1) is 16.2. The summed E-state index contributed by atoms with van der Waals surface area (Å²) in [5, 5.41) is 10.6. The number of nitrogens with one attached hydrogen (secondary N) is 3. The molecular formula is C24H37N7O2. The number of anilines is 2. The van der Waals surface area contributed by atoms with E-state index < -0.39 is 0 Å². The van der Waals surface area contributed by atoms with Crippen molar-refractivity contribution in [1.82, 2.24) is 25.3 Å². The first-order valence-corrected chi connectivity index (χ1v) is 12.2. The molecule has 3 N–H and O–H groups in total. The van der Waals surface area contributed by atoms with E-state index in [-0.39, 0.29) is 0 Å². The Kier molecular flexibility index (Phi) is 8.79. The average molecular weight is 456 g/mol. The molecule has 9 nitrogen and oxygen atoms in total. The molecule has 2 fully saturated rings. The maximum Gasteiger partial charge on any atom is 0.223 e. The number of nitrogens with zero attached hydrogens (tertiary/aromatic N) is 4. The molecule has 9 heteroatoms. The molecule has 1 saturated carbocycles. The normalized spacial score (nSPS) is 22.6. The molecule has 1 atom stereocenters. The van der Waals surface area contributed by atoms with Crippen LogP contribution in [0, 0.1) is 5.92 Å². The first-order valence-electron chi connectivity index (χ1n) is 12.2. The molecule has 0 radical (unpaired) electrons. The van der Waals surface area contributed by atoms with Crippen molar-refractivity contribution in [3.63, 3.8) is 0 Å². The summed E-state index contributed by atoms with van der Waals surface area (Å²) in [5.41, 5.74) is 1.60. The van der Waals surface area contributed by atoms with Gasteiger partial charge < -0.3 is 25.4 Å². The van der Waals surface area contributed by atoms with Gasteiger partial charge in [-0.3, -0.25) is 0 Å². The molecule has 1 aliphatic heterocycles. The van der Waals surface area contributed by atoms with Crippen LogP contribution in [0.15, 0.2) is 24.7 Å². The van der Waals surface area contributed by atoms with E-state index in [1.807, 2.05) is 12.1 Å². The zero-order valence-corrected chi connectivity index (χ0v) is 19.8. The highest BCUT2D eigenvalue weighted by molar-refractivity contribution is 5.59. The molecule has 0 spiro atoms. The standard InChI is InChI=1S/C24H37N7O2/c1-17(15-32-2)29-19-3-5-20(6-4-19)30-24-25-10-7-21(31-24)22-13-23(28-16-27-22)26-14-18-8-11-33-12-9-18/h7,10,13,16-20,29H,3-6,8-9,11-12,14-15H2,1-2H3,(H,25,30,31)(H,26,27,28). The Bertz CT molecular complexity index is 854. The Labute approximate surface area is 196 Å². The largest absolute Gasteiger partial charge is 0.383 e. The molecule has 2 aromatic heterocycles. The highest BCUT2D eigenvalue weighted by atomic mass is 16.5. The Balaban J connectivity index is 1.30. The second-order valence-corrected chi connectivity index (χ2v) is 9.21. The molecule has 1 saturated heterocycles. The lowest BCUT2D eigenvalue weighted by atomic mass is 9.91. The van der Waals surface area contributed by atoms with Gasteiger partial charge >= 0.3 is 0 Å². The number of aromatic nitrogens is 4. The minimum atomic E-state index is 0.383. The van der Waals surface area contributed by atoms with Gasteiger partial charge in [0.2, 0.25) is 5.95 Å². The second kappa shape index (κ2) is 12.2. The van der Waals surface area contributed by atoms with Crippen molar-refractivity contribution in [2.24, 2.45) is 5.92 Å². The fourth-order valence-corrected chi connectivity index (χ4v) is 4.65. The summed E-state index contributed by atoms with van der Waals surface area (Å²) in [6.45, 7) is 5.52. The molecule has 1 unspecified atom stereocenters. The van der Waals surface area contributed by atoms with Gasteiger partial charge in [0.25, 0.3) is 0 Å². The third-order valence-electron chi connectivity index (χ3n) is 6.50. The third kappa shape index (κ3) is 7.31. The van der Waals surface area contributed by atoms with Gasteiger partial charge in [-0.2, -0.15) is 0 Å². The third-order valence-corrected chi connectivity index (χ3v) is 6.50. The molecule has 0 aromatic carbocycles. The molecular weight excluding hydrogens is 418 g/mol. The smallest absolute Gasteiger partial charge is 0.223 e. The summed E-state index contributed by atoms with van der Waals surface area (Å²) in [4.78, 5) is 18.0. The summed E-state index contributed by atoms with van der Waals surface area (Å²) in [6.07, 6.45) is 10.0. The number of rotatable bonds is 10. The summed E-state index contributed by atoms with van der Waals surface area (Å²) in [5.74, 6) is 2.11. The van der Waals surface area contributed by atoms with Crippen LogP contribution in [0.1, 0.15) is 45.4 Å². The number of hydrogen-bond acceptors (Lipinski definition) is 9. The van der Waals surface area contributed by atoms with E-state index in [1.165, 1.54) is 0 Å². The van der Waals surface area contributed by atoms with E-state index in [0.29, 0.717) is 30.0 Å². The zero-order chi connectivity index (χ0) is 22.9. The van der Waals surface area contributed by atoms with Crippen LogP contribution in [-0.2, 0) is 9.47 Å². The Morgan fingerprint density at radius 2 is 1.82 bits per heavy atom. The molecule has 2 aromatic rings. The van der Waals surface area contributed by atoms with E-state index in [9.17, 15) is 0 Å². The van der Waals surface area contributed by atoms with Crippen LogP contribution in [0.5, 0.6) is 0 Å². The zero-order valence-electron chi connectivity index (χ0n) is 19.8. The Morgan fingerprint density at radius 1 is 1.03 bits per heavy atom. The van der Waals surface area contributed by atoms with E-state index >= 15 is 0 Å². The van der Waals surface area contributed by atoms with E-state index in [1.54, 1.807) is 19.6 Å². The monoisotopic (exact) mass is 455 g/mol. The van der Waals surface area contributed by atoms with Crippen LogP contribution in [0.25, 0.3) is 11.4 Å². The van der Waals surface area contributed by atoms with Crippen LogP contribution in [0.2, 0.25) is 0 Å². The van der Waals surface area contributed by atoms with Gasteiger partial charge in [-0.15, -0.1) is 0 Å². The van der Waals surface area contributed by atoms with Crippen LogP contribution >= 0.6 is 0 Å². The van der Waals surface area contributed by atoms with Crippen LogP contribution in [0.4, 0.5) is 11.8 Å². The lowest BCUT2D eigenvalue weighted by Crippen LogP contribution is -2.43. The predicted octanol–water partition coefficient (Wildman–Crippen LogP) is 3.12. The van der Waals surface area contributed by atoms with Gasteiger partial charge in [0, 0.05) is 57.3 Å². The highest BCUT2D eigenvalue weighted by Crippen LogP contribution is 2.23. The fourth-order valence-electron chi connectivity index (χ4n) is 4.65. The molecule has 0 amide bonds. The van der Waals surface area contributed by atoms with Gasteiger partial charge in [-0.05, 0) is 57.4 Å². The number of methoxy groups -OCH3 is 1. The molecule has 180 valence electrons. The van der Waals surface area contributed by atoms with Crippen LogP contribution < -0.4 is 16.0 Å². The molecule has 3 heterocycles. The van der Waals surface area contributed by atoms with Gasteiger partial charge in [0.05, 0.1) is 18.0 Å². The van der Waals surface area contributed by atoms with Crippen molar-refractivity contribution in [2.75, 3.05) is 44.1 Å². The van der Waals surface area contributed by atoms with Crippen molar-refractivity contribution in [3.05, 3.63) is 24.7 Å². The summed E-state index contributed by atoms with van der Waals surface area (Å²) in [7, 11) is 1.75. The molecule has 1 aliphatic carbocycles. The Morgan fingerprint density at radius 3 is 2.61 bits per heavy atom. The maximum atomic E-state index is 5.44. The predicted molar refractivity (Wildman–Crippen MR) is 129 cm³/mol. The van der Waals surface area contributed by atoms with Gasteiger partial charge in [0.15, 0.2) is 0 Å². The summed E-state index contributed by atoms with van der Waals surface area (Å²) in [6, 6.07) is 5.18. The first kappa shape index (κ1) is 23.8. The topological polar surface area (TPSA) is 106 Å². The Hall–Kier alpha value is -2.36. The number of hydrogen-bond donors (Lipinski definition) is 3. The molecule has 33 heavy (non-hydrogen) atoms. The molecule has 2 aliphatic rings. The second-order valence-electron chi connectivity index (χ2n) is 9.21. The maximum absolute atomic E-state index is 5.44. The van der Waals surface area contributed by atoms with E-state index in [2.05, 4.69) is 37.8 Å². The molecule has 4 rings (SSSR count). The van der Waals surface area contributed by atoms with Crippen molar-refractivity contribution < 1.29 is 9.47 Å². The SMILES string of the molecule is COCC(C)NC1CCC(Nc2nccc(-c3cc(NCC4CCOCC4)ncn3)n2)CC1. The highest BCUT2D eigenvalue weighted by Gasteiger charge is 2.23. The van der Waals surface area contributed by atoms with Gasteiger partial charge in [0.1, 0.15) is 12.1 Å². The van der Waals surface area contributed by atoms with Gasteiger partial charge in [-0.25, -0.2) is 19.9 Å². The van der Waals surface area contributed by atoms with Crippen molar-refractivity contribution in [2.45, 2.75) is 63.6 Å². The van der Waals surface area contributed by atoms with E-state index in [0.717, 1.165) is 82.1 Å². The van der Waals surface area contributed by atoms with Crippen molar-refractivity contribution in [3.8, 4) is 11.4 Å². The lowest BCUT2D eigenvalue weighted by Gasteiger charge is -2.31. The average Bonchev–Trinajstić information content (AvgIpc) is 2.85. The quantitative estimate of drug-likeness (QED) is 0.498. The van der Waals surface area contributed by atoms with Crippen LogP contribution in [0.3, 0.4) is 0 Å². The van der Waals surface area contributed by atoms with Crippen LogP contribution in [-0.4, -0.2) is 71.5 Å². The summed E-state index contributed by atoms with van der Waals surface area (Å²) >= 11 is 0. The minimum absolute atomic E-state index is 0.383. The fraction of sp³-hybridized carbons (Fsp3) is 0.667.